The Bertz CT molecular complexity index is 242. The highest BCUT2D eigenvalue weighted by atomic mass is 19.4. The quantitative estimate of drug-likeness (QED) is 0.676. The average Bonchev–Trinajstić information content (AvgIpc) is 2.03. The van der Waals surface area contributed by atoms with E-state index < -0.39 is 17.5 Å². The van der Waals surface area contributed by atoms with Crippen LogP contribution in [-0.2, 0) is 0 Å². The van der Waals surface area contributed by atoms with E-state index in [9.17, 15) is 13.2 Å². The smallest absolute Gasteiger partial charge is 0.330 e. The minimum atomic E-state index is -4.24. The van der Waals surface area contributed by atoms with Gasteiger partial charge in [0.1, 0.15) is 0 Å². The minimum Gasteiger partial charge on any atom is -0.330 e. The van der Waals surface area contributed by atoms with Crippen LogP contribution in [0, 0.1) is 11.3 Å². The first-order chi connectivity index (χ1) is 5.92. The summed E-state index contributed by atoms with van der Waals surface area (Å²) in [6.07, 6.45) is 1.46. The van der Waals surface area contributed by atoms with Crippen LogP contribution in [0.5, 0.6) is 0 Å². The normalized spacial score (nSPS) is 33.8. The summed E-state index contributed by atoms with van der Waals surface area (Å²) in [6.45, 7) is 1.18. The van der Waals surface area contributed by atoms with Crippen LogP contribution in [0.25, 0.3) is 0 Å². The van der Waals surface area contributed by atoms with Crippen molar-refractivity contribution in [1.29, 1.82) is 0 Å². The lowest BCUT2D eigenvalue weighted by Gasteiger charge is -2.36. The van der Waals surface area contributed by atoms with E-state index in [0.29, 0.717) is 0 Å². The van der Waals surface area contributed by atoms with E-state index >= 15 is 0 Å². The van der Waals surface area contributed by atoms with E-state index in [2.05, 4.69) is 0 Å². The van der Waals surface area contributed by atoms with E-state index in [0.717, 1.165) is 0 Å². The summed E-state index contributed by atoms with van der Waals surface area (Å²) >= 11 is 0. The van der Waals surface area contributed by atoms with Crippen LogP contribution in [-0.4, -0.2) is 12.7 Å². The first-order valence-corrected chi connectivity index (χ1v) is 4.04. The zero-order valence-corrected chi connectivity index (χ0v) is 7.31. The molecule has 0 fully saturated rings. The van der Waals surface area contributed by atoms with Gasteiger partial charge in [-0.1, -0.05) is 24.3 Å². The Hall–Kier alpha value is -0.770. The highest BCUT2D eigenvalue weighted by molar-refractivity contribution is 5.21. The fourth-order valence-corrected chi connectivity index (χ4v) is 1.41. The number of rotatable bonds is 1. The van der Waals surface area contributed by atoms with Crippen LogP contribution < -0.4 is 5.73 Å². The zero-order chi connectivity index (χ0) is 10.1. The summed E-state index contributed by atoms with van der Waals surface area (Å²) in [6, 6.07) is 0. The fourth-order valence-electron chi connectivity index (χ4n) is 1.41. The number of hydrogen-bond donors (Lipinski definition) is 1. The zero-order valence-electron chi connectivity index (χ0n) is 7.31. The number of nitrogens with two attached hydrogens (primary N) is 1. The van der Waals surface area contributed by atoms with Gasteiger partial charge in [-0.3, -0.25) is 0 Å². The lowest BCUT2D eigenvalue weighted by molar-refractivity contribution is -0.211. The summed E-state index contributed by atoms with van der Waals surface area (Å²) in [7, 11) is 0. The van der Waals surface area contributed by atoms with Gasteiger partial charge in [0, 0.05) is 5.92 Å². The maximum Gasteiger partial charge on any atom is 0.398 e. The highest BCUT2D eigenvalue weighted by Gasteiger charge is 2.53. The predicted molar refractivity (Wildman–Crippen MR) is 45.0 cm³/mol. The summed E-state index contributed by atoms with van der Waals surface area (Å²) in [5.41, 5.74) is 3.48. The van der Waals surface area contributed by atoms with E-state index in [-0.39, 0.29) is 6.54 Å². The molecule has 2 atom stereocenters. The van der Waals surface area contributed by atoms with Crippen molar-refractivity contribution < 1.29 is 13.2 Å². The number of halogens is 3. The molecule has 1 rings (SSSR count). The van der Waals surface area contributed by atoms with Gasteiger partial charge in [0.25, 0.3) is 0 Å². The Morgan fingerprint density at radius 1 is 1.38 bits per heavy atom. The molecule has 0 saturated carbocycles. The molecule has 13 heavy (non-hydrogen) atoms. The largest absolute Gasteiger partial charge is 0.398 e. The molecule has 0 radical (unpaired) electrons. The molecule has 0 saturated heterocycles. The van der Waals surface area contributed by atoms with Crippen LogP contribution in [0.3, 0.4) is 0 Å². The number of allylic oxidation sites excluding steroid dienone is 3. The molecule has 1 nitrogen and oxygen atoms in total. The molecule has 0 bridgehead atoms. The lowest BCUT2D eigenvalue weighted by Crippen LogP contribution is -2.43. The highest BCUT2D eigenvalue weighted by Crippen LogP contribution is 2.46. The number of alkyl halides is 3. The molecule has 0 spiro atoms. The van der Waals surface area contributed by atoms with E-state index in [1.54, 1.807) is 6.08 Å². The molecule has 0 aromatic heterocycles. The van der Waals surface area contributed by atoms with Crippen molar-refractivity contribution >= 4 is 0 Å². The molecule has 4 heteroatoms. The van der Waals surface area contributed by atoms with Crippen molar-refractivity contribution in [3.05, 3.63) is 24.3 Å². The average molecular weight is 191 g/mol. The summed E-state index contributed by atoms with van der Waals surface area (Å²) in [5, 5.41) is 0. The van der Waals surface area contributed by atoms with E-state index in [4.69, 9.17) is 5.73 Å². The van der Waals surface area contributed by atoms with Crippen LogP contribution in [0.15, 0.2) is 24.3 Å². The molecule has 0 aliphatic heterocycles. The first kappa shape index (κ1) is 10.3. The molecule has 0 aromatic rings. The molecular weight excluding hydrogens is 179 g/mol. The molecule has 0 aromatic carbocycles. The van der Waals surface area contributed by atoms with Gasteiger partial charge in [-0.15, -0.1) is 0 Å². The van der Waals surface area contributed by atoms with Gasteiger partial charge in [-0.05, 0) is 13.5 Å². The number of hydrogen-bond acceptors (Lipinski definition) is 1. The van der Waals surface area contributed by atoms with Crippen molar-refractivity contribution in [2.75, 3.05) is 6.54 Å². The maximum absolute atomic E-state index is 12.6. The summed E-state index contributed by atoms with van der Waals surface area (Å²) < 4.78 is 37.9. The third kappa shape index (κ3) is 1.63. The van der Waals surface area contributed by atoms with Gasteiger partial charge in [0.15, 0.2) is 0 Å². The van der Waals surface area contributed by atoms with Gasteiger partial charge in [-0.25, -0.2) is 0 Å². The fraction of sp³-hybridized carbons (Fsp3) is 0.556. The first-order valence-electron chi connectivity index (χ1n) is 4.04. The maximum atomic E-state index is 12.6. The summed E-state index contributed by atoms with van der Waals surface area (Å²) in [5.74, 6) is -0.655. The predicted octanol–water partition coefficient (Wildman–Crippen LogP) is 2.26. The molecule has 2 N–H and O–H groups in total. The summed E-state index contributed by atoms with van der Waals surface area (Å²) in [4.78, 5) is 0. The Balaban J connectivity index is 3.00. The molecular formula is C9H12F3N. The second-order valence-corrected chi connectivity index (χ2v) is 3.37. The molecule has 0 unspecified atom stereocenters. The Morgan fingerprint density at radius 2 is 2.00 bits per heavy atom. The Kier molecular flexibility index (Phi) is 2.52. The third-order valence-corrected chi connectivity index (χ3v) is 2.53. The van der Waals surface area contributed by atoms with Crippen molar-refractivity contribution in [3.8, 4) is 0 Å². The lowest BCUT2D eigenvalue weighted by atomic mass is 9.74. The molecule has 0 amide bonds. The van der Waals surface area contributed by atoms with Crippen LogP contribution in [0.4, 0.5) is 13.2 Å². The van der Waals surface area contributed by atoms with Gasteiger partial charge >= 0.3 is 6.18 Å². The van der Waals surface area contributed by atoms with Crippen LogP contribution in [0.1, 0.15) is 6.92 Å². The van der Waals surface area contributed by atoms with E-state index in [1.807, 2.05) is 0 Å². The molecule has 0 heterocycles. The topological polar surface area (TPSA) is 26.0 Å². The van der Waals surface area contributed by atoms with E-state index in [1.165, 1.54) is 25.2 Å². The Morgan fingerprint density at radius 3 is 2.38 bits per heavy atom. The monoisotopic (exact) mass is 191 g/mol. The SMILES string of the molecule is C[C@@]1(C(F)(F)F)C=CC=C[C@H]1CN. The van der Waals surface area contributed by atoms with Gasteiger partial charge < -0.3 is 5.73 Å². The van der Waals surface area contributed by atoms with Crippen molar-refractivity contribution in [1.82, 2.24) is 0 Å². The van der Waals surface area contributed by atoms with Crippen molar-refractivity contribution in [2.45, 2.75) is 13.1 Å². The molecule has 1 aliphatic rings. The standard InChI is InChI=1S/C9H12F3N/c1-8(9(10,11)12)5-3-2-4-7(8)6-13/h2-5,7H,6,13H2,1H3/t7-,8+/m0/s1. The third-order valence-electron chi connectivity index (χ3n) is 2.53. The second-order valence-electron chi connectivity index (χ2n) is 3.37. The van der Waals surface area contributed by atoms with Crippen molar-refractivity contribution in [2.24, 2.45) is 17.1 Å². The molecule has 1 aliphatic carbocycles. The van der Waals surface area contributed by atoms with Crippen LogP contribution in [0.2, 0.25) is 0 Å². The molecule has 74 valence electrons. The van der Waals surface area contributed by atoms with Gasteiger partial charge in [-0.2, -0.15) is 13.2 Å². The van der Waals surface area contributed by atoms with Gasteiger partial charge in [0.2, 0.25) is 0 Å². The van der Waals surface area contributed by atoms with Gasteiger partial charge in [0.05, 0.1) is 5.41 Å². The minimum absolute atomic E-state index is 0.0108. The van der Waals surface area contributed by atoms with Crippen molar-refractivity contribution in [3.63, 3.8) is 0 Å². The Labute approximate surface area is 75.1 Å². The van der Waals surface area contributed by atoms with Crippen LogP contribution >= 0.6 is 0 Å². The second kappa shape index (κ2) is 3.18.